The zero-order valence-electron chi connectivity index (χ0n) is 21.4. The molecule has 0 spiro atoms. The second-order valence-corrected chi connectivity index (χ2v) is 5.90. The van der Waals surface area contributed by atoms with Gasteiger partial charge in [-0.3, -0.25) is 9.59 Å². The molecule has 2 rings (SSSR count). The van der Waals surface area contributed by atoms with Gasteiger partial charge in [-0.05, 0) is 38.2 Å². The lowest BCUT2D eigenvalue weighted by molar-refractivity contribution is -0.184. The number of amides is 1. The molecular weight excluding hydrogens is 498 g/mol. The van der Waals surface area contributed by atoms with Crippen LogP contribution in [-0.4, -0.2) is 48.7 Å². The van der Waals surface area contributed by atoms with Gasteiger partial charge in [-0.2, -0.15) is 8.78 Å². The van der Waals surface area contributed by atoms with E-state index in [9.17, 15) is 31.9 Å². The zero-order valence-corrected chi connectivity index (χ0v) is 21.4. The smallest absolute Gasteiger partial charge is 0.330 e. The molecule has 0 N–H and O–H groups in total. The Labute approximate surface area is 215 Å². The van der Waals surface area contributed by atoms with Crippen LogP contribution in [0.3, 0.4) is 0 Å². The van der Waals surface area contributed by atoms with E-state index in [1.807, 2.05) is 13.8 Å². The highest BCUT2D eigenvalue weighted by Gasteiger charge is 2.27. The highest BCUT2D eigenvalue weighted by Crippen LogP contribution is 2.29. The van der Waals surface area contributed by atoms with E-state index in [1.54, 1.807) is 14.1 Å². The Hall–Kier alpha value is -4.01. The Kier molecular flexibility index (Phi) is 24.4. The van der Waals surface area contributed by atoms with Gasteiger partial charge < -0.3 is 9.57 Å². The maximum absolute atomic E-state index is 13.0. The third kappa shape index (κ3) is 15.6. The van der Waals surface area contributed by atoms with E-state index in [0.717, 1.165) is 18.9 Å². The van der Waals surface area contributed by atoms with Gasteiger partial charge in [-0.1, -0.05) is 27.9 Å². The van der Waals surface area contributed by atoms with Crippen molar-refractivity contribution in [1.29, 1.82) is 0 Å². The van der Waals surface area contributed by atoms with Crippen LogP contribution in [0.1, 0.15) is 53.5 Å². The molecule has 0 aliphatic carbocycles. The maximum atomic E-state index is 13.0. The molecular formula is C25H35F4N3O5. The van der Waals surface area contributed by atoms with Gasteiger partial charge in [0.15, 0.2) is 11.6 Å². The first-order valence-electron chi connectivity index (χ1n) is 10.2. The van der Waals surface area contributed by atoms with Gasteiger partial charge >= 0.3 is 11.9 Å². The number of hydrogen-bond donors (Lipinski definition) is 0. The molecule has 0 atom stereocenters. The van der Waals surface area contributed by atoms with E-state index in [1.165, 1.54) is 6.92 Å². The number of carbonyl (C=O) groups is 3. The summed E-state index contributed by atoms with van der Waals surface area (Å²) in [5, 5.41) is 0.961. The number of aliphatic imine (C=N–C) groups is 2. The molecule has 1 aliphatic rings. The Morgan fingerprint density at radius 2 is 1.27 bits per heavy atom. The Bertz CT molecular complexity index is 955. The van der Waals surface area contributed by atoms with Crippen LogP contribution in [0.15, 0.2) is 35.4 Å². The molecule has 0 bridgehead atoms. The van der Waals surface area contributed by atoms with Crippen LogP contribution in [0.25, 0.3) is 0 Å². The first-order chi connectivity index (χ1) is 16.8. The summed E-state index contributed by atoms with van der Waals surface area (Å²) in [6.45, 7) is 16.9. The van der Waals surface area contributed by atoms with Crippen molar-refractivity contribution in [2.45, 2.75) is 54.9 Å². The number of ether oxygens (including phenoxy) is 1. The largest absolute Gasteiger partial charge is 0.420 e. The number of hydrogen-bond acceptors (Lipinski definition) is 7. The van der Waals surface area contributed by atoms with Crippen molar-refractivity contribution < 1.29 is 41.5 Å². The standard InChI is InChI=1S/C9H6F4O2.C7H9NO3.2C3H5N.C2H6.CH4/c1-3-5(10)7(12)9(15-4(2)14)8(13)6(3)11;1-5-3-4-7(10)8(5)11-6(2)9;2*1-3-4-2;1-2;/h1-2H3;1,3-4H2,2H3;2*1H2,2H3;1-2H3;1H4. The summed E-state index contributed by atoms with van der Waals surface area (Å²) in [6.07, 6.45) is 0.957. The Balaban J connectivity index is -0.000000217. The van der Waals surface area contributed by atoms with Crippen LogP contribution in [0.5, 0.6) is 5.75 Å². The van der Waals surface area contributed by atoms with E-state index in [0.29, 0.717) is 18.5 Å². The maximum Gasteiger partial charge on any atom is 0.330 e. The van der Waals surface area contributed by atoms with Gasteiger partial charge in [0.2, 0.25) is 17.4 Å². The van der Waals surface area contributed by atoms with E-state index < -0.39 is 46.5 Å². The topological polar surface area (TPSA) is 97.6 Å². The number of halogens is 4. The average molecular weight is 534 g/mol. The van der Waals surface area contributed by atoms with Gasteiger partial charge in [0.25, 0.3) is 5.91 Å². The van der Waals surface area contributed by atoms with Crippen molar-refractivity contribution >= 4 is 29.6 Å². The predicted molar refractivity (Wildman–Crippen MR) is 135 cm³/mol. The fourth-order valence-corrected chi connectivity index (χ4v) is 1.83. The zero-order chi connectivity index (χ0) is 29.0. The molecule has 0 unspecified atom stereocenters. The first-order valence-corrected chi connectivity index (χ1v) is 10.2. The average Bonchev–Trinajstić information content (AvgIpc) is 3.17. The molecule has 0 saturated carbocycles. The van der Waals surface area contributed by atoms with Crippen LogP contribution >= 0.6 is 0 Å². The number of esters is 1. The minimum Gasteiger partial charge on any atom is -0.420 e. The summed E-state index contributed by atoms with van der Waals surface area (Å²) in [7, 11) is 3.26. The highest BCUT2D eigenvalue weighted by atomic mass is 19.2. The summed E-state index contributed by atoms with van der Waals surface area (Å²) < 4.78 is 55.9. The quantitative estimate of drug-likeness (QED) is 0.160. The van der Waals surface area contributed by atoms with Crippen molar-refractivity contribution in [2.75, 3.05) is 14.1 Å². The fraction of sp³-hybridized carbons (Fsp3) is 0.400. The van der Waals surface area contributed by atoms with Gasteiger partial charge in [-0.25, -0.2) is 23.6 Å². The monoisotopic (exact) mass is 533 g/mol. The summed E-state index contributed by atoms with van der Waals surface area (Å²) in [5.74, 6) is -5.12. The lowest BCUT2D eigenvalue weighted by Gasteiger charge is -2.13. The number of allylic oxidation sites excluding steroid dienone is 1. The third-order valence-corrected chi connectivity index (χ3v) is 3.37. The predicted octanol–water partition coefficient (Wildman–Crippen LogP) is 5.68. The van der Waals surface area contributed by atoms with Gasteiger partial charge in [0, 0.05) is 39.9 Å². The van der Waals surface area contributed by atoms with E-state index in [-0.39, 0.29) is 13.3 Å². The van der Waals surface area contributed by atoms with Crippen molar-refractivity contribution in [3.05, 3.63) is 54.3 Å². The SMILES string of the molecule is C.C=C1CCC(=O)N1OC(C)=O.C=C=NC.C=C=NC.CC.CC(=O)Oc1c(F)c(F)c(C)c(F)c1F. The molecule has 37 heavy (non-hydrogen) atoms. The van der Waals surface area contributed by atoms with Gasteiger partial charge in [0.05, 0.1) is 5.70 Å². The third-order valence-electron chi connectivity index (χ3n) is 3.37. The molecule has 0 aromatic heterocycles. The molecule has 0 radical (unpaired) electrons. The van der Waals surface area contributed by atoms with E-state index in [2.05, 4.69) is 51.0 Å². The van der Waals surface area contributed by atoms with Gasteiger partial charge in [-0.15, -0.1) is 5.06 Å². The van der Waals surface area contributed by atoms with Crippen molar-refractivity contribution in [3.8, 4) is 5.75 Å². The summed E-state index contributed by atoms with van der Waals surface area (Å²) in [6, 6.07) is 0. The highest BCUT2D eigenvalue weighted by molar-refractivity contribution is 5.81. The number of benzene rings is 1. The fourth-order valence-electron chi connectivity index (χ4n) is 1.83. The number of rotatable bonds is 2. The molecule has 1 amide bonds. The number of carbonyl (C=O) groups excluding carboxylic acids is 3. The molecule has 1 aromatic rings. The van der Waals surface area contributed by atoms with E-state index in [4.69, 9.17) is 0 Å². The minimum atomic E-state index is -1.72. The van der Waals surface area contributed by atoms with Crippen LogP contribution in [0, 0.1) is 30.2 Å². The molecule has 1 fully saturated rings. The molecule has 208 valence electrons. The lowest BCUT2D eigenvalue weighted by atomic mass is 10.2. The molecule has 1 aliphatic heterocycles. The summed E-state index contributed by atoms with van der Waals surface area (Å²) in [4.78, 5) is 43.1. The first kappa shape index (κ1) is 40.2. The second-order valence-electron chi connectivity index (χ2n) is 5.90. The Morgan fingerprint density at radius 3 is 1.51 bits per heavy atom. The van der Waals surface area contributed by atoms with Crippen LogP contribution in [0.2, 0.25) is 0 Å². The summed E-state index contributed by atoms with van der Waals surface area (Å²) >= 11 is 0. The number of nitrogens with zero attached hydrogens (tertiary/aromatic N) is 3. The number of hydroxylamine groups is 2. The van der Waals surface area contributed by atoms with Crippen molar-refractivity contribution in [3.63, 3.8) is 0 Å². The lowest BCUT2D eigenvalue weighted by Crippen LogP contribution is -2.25. The molecule has 1 heterocycles. The van der Waals surface area contributed by atoms with Gasteiger partial charge in [0.1, 0.15) is 0 Å². The minimum absolute atomic E-state index is 0. The molecule has 8 nitrogen and oxygen atoms in total. The summed E-state index contributed by atoms with van der Waals surface area (Å²) in [5.41, 5.74) is -0.258. The van der Waals surface area contributed by atoms with Crippen molar-refractivity contribution in [1.82, 2.24) is 5.06 Å². The van der Waals surface area contributed by atoms with Crippen LogP contribution in [-0.2, 0) is 19.2 Å². The van der Waals surface area contributed by atoms with Crippen molar-refractivity contribution in [2.24, 2.45) is 9.98 Å². The van der Waals surface area contributed by atoms with Crippen LogP contribution < -0.4 is 4.74 Å². The molecule has 1 aromatic carbocycles. The second kappa shape index (κ2) is 22.5. The van der Waals surface area contributed by atoms with Crippen LogP contribution in [0.4, 0.5) is 17.6 Å². The molecule has 12 heteroatoms. The Morgan fingerprint density at radius 1 is 0.892 bits per heavy atom. The van der Waals surface area contributed by atoms with E-state index >= 15 is 0 Å². The molecule has 1 saturated heterocycles. The normalized spacial score (nSPS) is 10.4.